The number of aryl methyl sites for hydroxylation is 1. The third-order valence-corrected chi connectivity index (χ3v) is 5.67. The van der Waals surface area contributed by atoms with E-state index in [4.69, 9.17) is 14.8 Å². The first-order valence-corrected chi connectivity index (χ1v) is 9.76. The summed E-state index contributed by atoms with van der Waals surface area (Å²) < 4.78 is 9.88. The Labute approximate surface area is 162 Å². The van der Waals surface area contributed by atoms with E-state index in [1.165, 1.54) is 19.2 Å². The van der Waals surface area contributed by atoms with Crippen LogP contribution in [0.25, 0.3) is 33.5 Å². The van der Waals surface area contributed by atoms with Crippen molar-refractivity contribution < 1.29 is 4.74 Å². The molecule has 0 atom stereocenters. The molecule has 3 aromatic heterocycles. The van der Waals surface area contributed by atoms with E-state index >= 15 is 0 Å². The summed E-state index contributed by atoms with van der Waals surface area (Å²) in [5.41, 5.74) is 5.00. The Bertz CT molecular complexity index is 1200. The Hall–Kier alpha value is -3.22. The van der Waals surface area contributed by atoms with E-state index in [-0.39, 0.29) is 0 Å². The van der Waals surface area contributed by atoms with Gasteiger partial charge in [0.1, 0.15) is 23.5 Å². The highest BCUT2D eigenvalue weighted by molar-refractivity contribution is 5.90. The van der Waals surface area contributed by atoms with Crippen molar-refractivity contribution in [1.29, 1.82) is 0 Å². The van der Waals surface area contributed by atoms with Gasteiger partial charge < -0.3 is 9.30 Å². The van der Waals surface area contributed by atoms with E-state index < -0.39 is 0 Å². The molecule has 0 N–H and O–H groups in total. The van der Waals surface area contributed by atoms with Crippen LogP contribution in [-0.4, -0.2) is 36.4 Å². The minimum absolute atomic E-state index is 0.564. The molecule has 1 fully saturated rings. The van der Waals surface area contributed by atoms with Crippen molar-refractivity contribution in [2.75, 3.05) is 7.11 Å². The van der Waals surface area contributed by atoms with Crippen LogP contribution in [0, 0.1) is 0 Å². The fourth-order valence-electron chi connectivity index (χ4n) is 4.15. The molecule has 0 spiro atoms. The van der Waals surface area contributed by atoms with Crippen LogP contribution in [0.2, 0.25) is 0 Å². The first-order chi connectivity index (χ1) is 13.8. The van der Waals surface area contributed by atoms with Gasteiger partial charge in [0.15, 0.2) is 0 Å². The van der Waals surface area contributed by atoms with Crippen LogP contribution in [0.3, 0.4) is 0 Å². The lowest BCUT2D eigenvalue weighted by molar-refractivity contribution is 0.402. The third-order valence-electron chi connectivity index (χ3n) is 5.67. The van der Waals surface area contributed by atoms with Gasteiger partial charge >= 0.3 is 0 Å². The maximum atomic E-state index is 5.45. The number of benzene rings is 1. The number of methoxy groups -OCH3 is 1. The van der Waals surface area contributed by atoms with Crippen LogP contribution in [0.4, 0.5) is 0 Å². The van der Waals surface area contributed by atoms with Gasteiger partial charge in [0.05, 0.1) is 29.7 Å². The first-order valence-electron chi connectivity index (χ1n) is 9.76. The first kappa shape index (κ1) is 15.8. The molecule has 1 saturated carbocycles. The summed E-state index contributed by atoms with van der Waals surface area (Å²) >= 11 is 0. The SMILES string of the molecule is COc1ncnc2ccc(-c3c(-c4ccn(C5CC5)n4)nc4n3CCC4)cc12. The Morgan fingerprint density at radius 1 is 1.14 bits per heavy atom. The molecule has 7 nitrogen and oxygen atoms in total. The van der Waals surface area contributed by atoms with Gasteiger partial charge in [-0.2, -0.15) is 5.10 Å². The fraction of sp³-hybridized carbons (Fsp3) is 0.333. The minimum atomic E-state index is 0.564. The number of aromatic nitrogens is 6. The van der Waals surface area contributed by atoms with Crippen molar-refractivity contribution in [2.24, 2.45) is 0 Å². The summed E-state index contributed by atoms with van der Waals surface area (Å²) in [5.74, 6) is 1.73. The van der Waals surface area contributed by atoms with E-state index in [1.807, 2.05) is 6.07 Å². The Morgan fingerprint density at radius 2 is 2.07 bits per heavy atom. The zero-order chi connectivity index (χ0) is 18.7. The van der Waals surface area contributed by atoms with Crippen LogP contribution in [0.1, 0.15) is 31.1 Å². The maximum absolute atomic E-state index is 5.45. The van der Waals surface area contributed by atoms with E-state index in [9.17, 15) is 0 Å². The summed E-state index contributed by atoms with van der Waals surface area (Å²) in [5, 5.41) is 5.74. The molecule has 7 heteroatoms. The number of fused-ring (bicyclic) bond motifs is 2. The summed E-state index contributed by atoms with van der Waals surface area (Å²) in [7, 11) is 1.64. The lowest BCUT2D eigenvalue weighted by atomic mass is 10.1. The normalized spacial score (nSPS) is 15.9. The van der Waals surface area contributed by atoms with Crippen molar-refractivity contribution in [3.63, 3.8) is 0 Å². The second-order valence-corrected chi connectivity index (χ2v) is 7.51. The zero-order valence-corrected chi connectivity index (χ0v) is 15.7. The van der Waals surface area contributed by atoms with Crippen LogP contribution in [-0.2, 0) is 13.0 Å². The molecule has 0 unspecified atom stereocenters. The molecular weight excluding hydrogens is 352 g/mol. The zero-order valence-electron chi connectivity index (χ0n) is 15.7. The van der Waals surface area contributed by atoms with Crippen molar-refractivity contribution in [1.82, 2.24) is 29.3 Å². The van der Waals surface area contributed by atoms with Gasteiger partial charge in [-0.15, -0.1) is 0 Å². The third kappa shape index (κ3) is 2.35. The summed E-state index contributed by atoms with van der Waals surface area (Å²) in [6.45, 7) is 0.988. The highest BCUT2D eigenvalue weighted by Gasteiger charge is 2.28. The summed E-state index contributed by atoms with van der Waals surface area (Å²) in [6, 6.07) is 8.89. The number of ether oxygens (including phenoxy) is 1. The van der Waals surface area contributed by atoms with E-state index in [0.29, 0.717) is 11.9 Å². The Balaban J connectivity index is 1.55. The van der Waals surface area contributed by atoms with E-state index in [0.717, 1.165) is 58.8 Å². The molecule has 4 heterocycles. The quantitative estimate of drug-likeness (QED) is 0.547. The molecule has 4 aromatic rings. The standard InChI is InChI=1S/C21H20N6O/c1-28-21-15-11-13(4-7-16(15)22-12-23-21)20-19(24-18-3-2-9-26(18)20)17-8-10-27(25-17)14-5-6-14/h4,7-8,10-12,14H,2-3,5-6,9H2,1H3. The molecule has 0 radical (unpaired) electrons. The monoisotopic (exact) mass is 372 g/mol. The van der Waals surface area contributed by atoms with Crippen LogP contribution in [0.5, 0.6) is 5.88 Å². The number of imidazole rings is 1. The van der Waals surface area contributed by atoms with Crippen molar-refractivity contribution in [2.45, 2.75) is 38.3 Å². The molecule has 0 amide bonds. The average Bonchev–Trinajstić information content (AvgIpc) is 3.13. The predicted molar refractivity (Wildman–Crippen MR) is 105 cm³/mol. The van der Waals surface area contributed by atoms with Crippen LogP contribution in [0.15, 0.2) is 36.8 Å². The molecule has 0 saturated heterocycles. The second-order valence-electron chi connectivity index (χ2n) is 7.51. The summed E-state index contributed by atoms with van der Waals surface area (Å²) in [4.78, 5) is 13.6. The van der Waals surface area contributed by atoms with Gasteiger partial charge in [-0.05, 0) is 37.5 Å². The lowest BCUT2D eigenvalue weighted by Crippen LogP contribution is -1.98. The van der Waals surface area contributed by atoms with Gasteiger partial charge in [0.25, 0.3) is 0 Å². The number of hydrogen-bond donors (Lipinski definition) is 0. The van der Waals surface area contributed by atoms with Gasteiger partial charge in [-0.3, -0.25) is 4.68 Å². The van der Waals surface area contributed by atoms with Crippen molar-refractivity contribution >= 4 is 10.9 Å². The fourth-order valence-corrected chi connectivity index (χ4v) is 4.15. The maximum Gasteiger partial charge on any atom is 0.224 e. The average molecular weight is 372 g/mol. The highest BCUT2D eigenvalue weighted by Crippen LogP contribution is 2.39. The topological polar surface area (TPSA) is 70.7 Å². The lowest BCUT2D eigenvalue weighted by Gasteiger charge is -2.10. The van der Waals surface area contributed by atoms with E-state index in [1.54, 1.807) is 7.11 Å². The summed E-state index contributed by atoms with van der Waals surface area (Å²) in [6.07, 6.45) is 8.20. The molecule has 1 aliphatic carbocycles. The predicted octanol–water partition coefficient (Wildman–Crippen LogP) is 3.65. The molecule has 1 aliphatic heterocycles. The second kappa shape index (κ2) is 5.89. The van der Waals surface area contributed by atoms with Crippen molar-refractivity contribution in [3.05, 3.63) is 42.6 Å². The van der Waals surface area contributed by atoms with Crippen molar-refractivity contribution in [3.8, 4) is 28.5 Å². The highest BCUT2D eigenvalue weighted by atomic mass is 16.5. The van der Waals surface area contributed by atoms with Gasteiger partial charge in [0, 0.05) is 24.7 Å². The van der Waals surface area contributed by atoms with E-state index in [2.05, 4.69) is 43.6 Å². The molecule has 2 aliphatic rings. The largest absolute Gasteiger partial charge is 0.480 e. The van der Waals surface area contributed by atoms with Crippen LogP contribution < -0.4 is 4.74 Å². The molecule has 28 heavy (non-hydrogen) atoms. The number of hydrogen-bond acceptors (Lipinski definition) is 5. The molecular formula is C21H20N6O. The minimum Gasteiger partial charge on any atom is -0.480 e. The Kier molecular flexibility index (Phi) is 3.32. The molecule has 140 valence electrons. The van der Waals surface area contributed by atoms with Gasteiger partial charge in [0.2, 0.25) is 5.88 Å². The number of nitrogens with zero attached hydrogens (tertiary/aromatic N) is 6. The molecule has 1 aromatic carbocycles. The van der Waals surface area contributed by atoms with Gasteiger partial charge in [-0.1, -0.05) is 6.07 Å². The van der Waals surface area contributed by atoms with Crippen LogP contribution >= 0.6 is 0 Å². The Morgan fingerprint density at radius 3 is 2.93 bits per heavy atom. The number of rotatable bonds is 4. The van der Waals surface area contributed by atoms with Gasteiger partial charge in [-0.25, -0.2) is 15.0 Å². The smallest absolute Gasteiger partial charge is 0.224 e. The molecule has 0 bridgehead atoms. The molecule has 6 rings (SSSR count).